The monoisotopic (exact) mass is 301 g/mol. The van der Waals surface area contributed by atoms with Gasteiger partial charge >= 0.3 is 6.18 Å². The Morgan fingerprint density at radius 2 is 2.00 bits per heavy atom. The molecule has 0 radical (unpaired) electrons. The highest BCUT2D eigenvalue weighted by Crippen LogP contribution is 2.32. The number of hydrogen-bond donors (Lipinski definition) is 1. The van der Waals surface area contributed by atoms with Crippen LogP contribution in [0.15, 0.2) is 24.4 Å². The zero-order valence-corrected chi connectivity index (χ0v) is 11.6. The van der Waals surface area contributed by atoms with E-state index in [1.807, 2.05) is 6.92 Å². The molecule has 2 aromatic rings. The number of alkyl halides is 3. The van der Waals surface area contributed by atoms with Crippen LogP contribution in [0.2, 0.25) is 0 Å². The van der Waals surface area contributed by atoms with Gasteiger partial charge in [0.2, 0.25) is 5.95 Å². The molecule has 0 aliphatic carbocycles. The molecule has 1 aromatic heterocycles. The minimum atomic E-state index is -4.51. The van der Waals surface area contributed by atoms with Gasteiger partial charge in [-0.1, -0.05) is 6.92 Å². The molecule has 0 fully saturated rings. The van der Waals surface area contributed by atoms with Crippen LogP contribution < -0.4 is 5.32 Å². The Morgan fingerprint density at radius 1 is 1.29 bits per heavy atom. The summed E-state index contributed by atoms with van der Waals surface area (Å²) in [5.74, 6) is -0.431. The molecule has 2 rings (SSSR count). The minimum Gasteiger partial charge on any atom is -0.323 e. The van der Waals surface area contributed by atoms with E-state index >= 15 is 0 Å². The van der Waals surface area contributed by atoms with Crippen LogP contribution in [-0.2, 0) is 12.7 Å². The smallest absolute Gasteiger partial charge is 0.323 e. The van der Waals surface area contributed by atoms with Crippen LogP contribution in [0.3, 0.4) is 0 Å². The summed E-state index contributed by atoms with van der Waals surface area (Å²) in [4.78, 5) is 4.16. The maximum atomic E-state index is 13.7. The molecule has 1 aromatic carbocycles. The fourth-order valence-electron chi connectivity index (χ4n) is 1.98. The SMILES string of the molecule is CCCn1cc(C)nc1Nc1cc(C(F)(F)F)ccc1F. The number of anilines is 2. The third-order valence-electron chi connectivity index (χ3n) is 2.90. The zero-order chi connectivity index (χ0) is 15.6. The van der Waals surface area contributed by atoms with Crippen LogP contribution in [0.5, 0.6) is 0 Å². The lowest BCUT2D eigenvalue weighted by atomic mass is 10.2. The van der Waals surface area contributed by atoms with Crippen molar-refractivity contribution < 1.29 is 17.6 Å². The molecule has 0 atom stereocenters. The van der Waals surface area contributed by atoms with Gasteiger partial charge in [-0.15, -0.1) is 0 Å². The van der Waals surface area contributed by atoms with Gasteiger partial charge in [-0.2, -0.15) is 13.2 Å². The second-order valence-electron chi connectivity index (χ2n) is 4.72. The summed E-state index contributed by atoms with van der Waals surface area (Å²) in [6, 6.07) is 2.25. The van der Waals surface area contributed by atoms with E-state index in [0.29, 0.717) is 24.3 Å². The van der Waals surface area contributed by atoms with Crippen molar-refractivity contribution in [2.75, 3.05) is 5.32 Å². The molecule has 0 saturated carbocycles. The second kappa shape index (κ2) is 5.75. The van der Waals surface area contributed by atoms with Crippen molar-refractivity contribution in [3.63, 3.8) is 0 Å². The number of hydrogen-bond acceptors (Lipinski definition) is 2. The number of nitrogens with zero attached hydrogens (tertiary/aromatic N) is 2. The number of aromatic nitrogens is 2. The van der Waals surface area contributed by atoms with Crippen LogP contribution in [0.4, 0.5) is 29.2 Å². The van der Waals surface area contributed by atoms with E-state index in [2.05, 4.69) is 10.3 Å². The first-order valence-corrected chi connectivity index (χ1v) is 6.48. The van der Waals surface area contributed by atoms with Crippen LogP contribution in [0, 0.1) is 12.7 Å². The summed E-state index contributed by atoms with van der Waals surface area (Å²) < 4.78 is 53.5. The Balaban J connectivity index is 2.35. The van der Waals surface area contributed by atoms with Crippen molar-refractivity contribution in [2.45, 2.75) is 33.0 Å². The lowest BCUT2D eigenvalue weighted by molar-refractivity contribution is -0.137. The van der Waals surface area contributed by atoms with E-state index in [1.54, 1.807) is 17.7 Å². The van der Waals surface area contributed by atoms with Crippen molar-refractivity contribution >= 4 is 11.6 Å². The van der Waals surface area contributed by atoms with Gasteiger partial charge in [0.15, 0.2) is 0 Å². The maximum absolute atomic E-state index is 13.7. The lowest BCUT2D eigenvalue weighted by Crippen LogP contribution is -2.08. The first-order chi connectivity index (χ1) is 9.81. The number of rotatable bonds is 4. The molecular weight excluding hydrogens is 286 g/mol. The molecule has 21 heavy (non-hydrogen) atoms. The number of halogens is 4. The summed E-state index contributed by atoms with van der Waals surface area (Å²) in [6.45, 7) is 4.37. The normalized spacial score (nSPS) is 11.7. The topological polar surface area (TPSA) is 29.9 Å². The summed E-state index contributed by atoms with van der Waals surface area (Å²) in [5.41, 5.74) is -0.442. The molecule has 0 aliphatic rings. The van der Waals surface area contributed by atoms with Crippen molar-refractivity contribution in [1.29, 1.82) is 0 Å². The van der Waals surface area contributed by atoms with E-state index in [1.165, 1.54) is 0 Å². The van der Waals surface area contributed by atoms with E-state index in [9.17, 15) is 17.6 Å². The molecule has 3 nitrogen and oxygen atoms in total. The Hall–Kier alpha value is -2.05. The Kier molecular flexibility index (Phi) is 4.20. The van der Waals surface area contributed by atoms with Crippen molar-refractivity contribution in [1.82, 2.24) is 9.55 Å². The van der Waals surface area contributed by atoms with Crippen molar-refractivity contribution in [3.8, 4) is 0 Å². The molecule has 0 amide bonds. The molecule has 0 unspecified atom stereocenters. The summed E-state index contributed by atoms with van der Waals surface area (Å²) >= 11 is 0. The second-order valence-corrected chi connectivity index (χ2v) is 4.72. The fourth-order valence-corrected chi connectivity index (χ4v) is 1.98. The molecule has 0 saturated heterocycles. The highest BCUT2D eigenvalue weighted by Gasteiger charge is 2.31. The van der Waals surface area contributed by atoms with Gasteiger partial charge in [0.25, 0.3) is 0 Å². The first kappa shape index (κ1) is 15.3. The summed E-state index contributed by atoms with van der Waals surface area (Å²) in [6.07, 6.45) is -1.92. The Labute approximate surface area is 119 Å². The molecule has 0 bridgehead atoms. The van der Waals surface area contributed by atoms with Gasteiger partial charge in [0, 0.05) is 12.7 Å². The van der Waals surface area contributed by atoms with Crippen LogP contribution >= 0.6 is 0 Å². The van der Waals surface area contributed by atoms with Crippen LogP contribution in [0.1, 0.15) is 24.6 Å². The lowest BCUT2D eigenvalue weighted by Gasteiger charge is -2.12. The molecular formula is C14H15F4N3. The summed E-state index contributed by atoms with van der Waals surface area (Å²) in [7, 11) is 0. The largest absolute Gasteiger partial charge is 0.416 e. The molecule has 7 heteroatoms. The van der Waals surface area contributed by atoms with Gasteiger partial charge in [-0.3, -0.25) is 0 Å². The van der Waals surface area contributed by atoms with Gasteiger partial charge in [-0.25, -0.2) is 9.37 Å². The molecule has 1 heterocycles. The predicted molar refractivity (Wildman–Crippen MR) is 71.9 cm³/mol. The van der Waals surface area contributed by atoms with Crippen LogP contribution in [-0.4, -0.2) is 9.55 Å². The van der Waals surface area contributed by atoms with Gasteiger partial charge in [0.05, 0.1) is 16.9 Å². The number of benzene rings is 1. The number of aryl methyl sites for hydroxylation is 2. The number of imidazole rings is 1. The Morgan fingerprint density at radius 3 is 2.62 bits per heavy atom. The molecule has 0 aliphatic heterocycles. The van der Waals surface area contributed by atoms with Gasteiger partial charge in [-0.05, 0) is 31.5 Å². The Bertz CT molecular complexity index is 632. The first-order valence-electron chi connectivity index (χ1n) is 6.48. The van der Waals surface area contributed by atoms with E-state index in [-0.39, 0.29) is 5.69 Å². The van der Waals surface area contributed by atoms with Crippen molar-refractivity contribution in [2.24, 2.45) is 0 Å². The number of nitrogens with one attached hydrogen (secondary N) is 1. The third kappa shape index (κ3) is 3.53. The van der Waals surface area contributed by atoms with E-state index in [0.717, 1.165) is 18.6 Å². The van der Waals surface area contributed by atoms with Gasteiger partial charge in [0.1, 0.15) is 5.82 Å². The van der Waals surface area contributed by atoms with E-state index < -0.39 is 17.6 Å². The van der Waals surface area contributed by atoms with Crippen LogP contribution in [0.25, 0.3) is 0 Å². The maximum Gasteiger partial charge on any atom is 0.416 e. The molecule has 0 spiro atoms. The van der Waals surface area contributed by atoms with Crippen molar-refractivity contribution in [3.05, 3.63) is 41.5 Å². The van der Waals surface area contributed by atoms with Gasteiger partial charge < -0.3 is 9.88 Å². The van der Waals surface area contributed by atoms with E-state index in [4.69, 9.17) is 0 Å². The fraction of sp³-hybridized carbons (Fsp3) is 0.357. The standard InChI is InChI=1S/C14H15F4N3/c1-3-6-21-8-9(2)19-13(21)20-12-7-10(14(16,17)18)4-5-11(12)15/h4-5,7-8H,3,6H2,1-2H3,(H,19,20). The molecule has 1 N–H and O–H groups in total. The molecule has 114 valence electrons. The summed E-state index contributed by atoms with van der Waals surface area (Å²) in [5, 5.41) is 2.64. The average Bonchev–Trinajstić information content (AvgIpc) is 2.71. The minimum absolute atomic E-state index is 0.243. The average molecular weight is 301 g/mol. The predicted octanol–water partition coefficient (Wildman–Crippen LogP) is 4.50. The highest BCUT2D eigenvalue weighted by atomic mass is 19.4. The third-order valence-corrected chi connectivity index (χ3v) is 2.90. The zero-order valence-electron chi connectivity index (χ0n) is 11.6. The highest BCUT2D eigenvalue weighted by molar-refractivity contribution is 5.56. The quantitative estimate of drug-likeness (QED) is 0.842.